The lowest BCUT2D eigenvalue weighted by molar-refractivity contribution is -0.120. The first-order valence-electron chi connectivity index (χ1n) is 5.11. The largest absolute Gasteiger partial charge is 0.355 e. The average molecular weight is 183 g/mol. The van der Waals surface area contributed by atoms with E-state index in [1.165, 1.54) is 12.8 Å². The van der Waals surface area contributed by atoms with Gasteiger partial charge in [-0.3, -0.25) is 4.79 Å². The fourth-order valence-electron chi connectivity index (χ4n) is 2.00. The number of carbonyl (C=O) groups excluding carboxylic acids is 1. The predicted octanol–water partition coefficient (Wildman–Crippen LogP) is -0.783. The maximum atomic E-state index is 11.2. The zero-order chi connectivity index (χ0) is 9.10. The second-order valence-corrected chi connectivity index (χ2v) is 3.83. The topological polar surface area (TPSA) is 53.2 Å². The summed E-state index contributed by atoms with van der Waals surface area (Å²) in [5.41, 5.74) is 0. The van der Waals surface area contributed by atoms with Gasteiger partial charge in [-0.2, -0.15) is 0 Å². The van der Waals surface area contributed by atoms with Crippen LogP contribution in [-0.2, 0) is 4.79 Å². The van der Waals surface area contributed by atoms with Crippen LogP contribution in [0.15, 0.2) is 0 Å². The minimum Gasteiger partial charge on any atom is -0.355 e. The van der Waals surface area contributed by atoms with E-state index in [2.05, 4.69) is 16.0 Å². The number of rotatable bonds is 3. The molecule has 4 nitrogen and oxygen atoms in total. The third kappa shape index (κ3) is 2.19. The minimum absolute atomic E-state index is 0.0578. The molecule has 2 atom stereocenters. The summed E-state index contributed by atoms with van der Waals surface area (Å²) in [5, 5.41) is 9.52. The van der Waals surface area contributed by atoms with E-state index < -0.39 is 0 Å². The second kappa shape index (κ2) is 4.07. The molecular weight excluding hydrogens is 166 g/mol. The molecular formula is C9H17N3O. The molecule has 2 unspecified atom stereocenters. The van der Waals surface area contributed by atoms with E-state index in [1.54, 1.807) is 0 Å². The highest BCUT2D eigenvalue weighted by atomic mass is 16.2. The molecule has 74 valence electrons. The lowest BCUT2D eigenvalue weighted by atomic mass is 10.2. The van der Waals surface area contributed by atoms with E-state index in [4.69, 9.17) is 0 Å². The zero-order valence-electron chi connectivity index (χ0n) is 7.81. The first-order chi connectivity index (χ1) is 6.36. The summed E-state index contributed by atoms with van der Waals surface area (Å²) in [6, 6.07) is 0.635. The summed E-state index contributed by atoms with van der Waals surface area (Å²) in [4.78, 5) is 11.2. The Bertz CT molecular complexity index is 189. The van der Waals surface area contributed by atoms with Crippen LogP contribution in [0.4, 0.5) is 0 Å². The number of carbonyl (C=O) groups is 1. The molecule has 0 spiro atoms. The Kier molecular flexibility index (Phi) is 2.80. The number of amides is 1. The molecule has 2 aliphatic rings. The fourth-order valence-corrected chi connectivity index (χ4v) is 2.00. The van der Waals surface area contributed by atoms with Gasteiger partial charge in [0.2, 0.25) is 5.91 Å². The fraction of sp³-hybridized carbons (Fsp3) is 0.889. The minimum atomic E-state index is 0.0578. The third-order valence-electron chi connectivity index (χ3n) is 2.82. The van der Waals surface area contributed by atoms with Crippen molar-refractivity contribution in [1.82, 2.24) is 16.0 Å². The Labute approximate surface area is 78.5 Å². The molecule has 3 N–H and O–H groups in total. The summed E-state index contributed by atoms with van der Waals surface area (Å²) in [6.45, 7) is 2.88. The molecule has 2 saturated heterocycles. The van der Waals surface area contributed by atoms with Crippen molar-refractivity contribution in [3.8, 4) is 0 Å². The van der Waals surface area contributed by atoms with Crippen LogP contribution in [-0.4, -0.2) is 37.6 Å². The molecule has 0 aromatic carbocycles. The first-order valence-corrected chi connectivity index (χ1v) is 5.11. The molecule has 0 aromatic rings. The van der Waals surface area contributed by atoms with Crippen molar-refractivity contribution in [3.05, 3.63) is 0 Å². The van der Waals surface area contributed by atoms with Gasteiger partial charge in [0.15, 0.2) is 0 Å². The van der Waals surface area contributed by atoms with Crippen molar-refractivity contribution in [2.75, 3.05) is 19.6 Å². The highest BCUT2D eigenvalue weighted by molar-refractivity contribution is 5.83. The van der Waals surface area contributed by atoms with E-state index in [1.807, 2.05) is 0 Å². The van der Waals surface area contributed by atoms with Crippen LogP contribution in [0.25, 0.3) is 0 Å². The molecule has 2 aliphatic heterocycles. The van der Waals surface area contributed by atoms with Crippen molar-refractivity contribution in [2.45, 2.75) is 31.3 Å². The quantitative estimate of drug-likeness (QED) is 0.538. The Morgan fingerprint density at radius 2 is 2.31 bits per heavy atom. The predicted molar refractivity (Wildman–Crippen MR) is 50.4 cm³/mol. The Morgan fingerprint density at radius 1 is 1.38 bits per heavy atom. The van der Waals surface area contributed by atoms with Crippen LogP contribution in [0.3, 0.4) is 0 Å². The van der Waals surface area contributed by atoms with Crippen molar-refractivity contribution >= 4 is 5.91 Å². The Hall–Kier alpha value is -0.610. The zero-order valence-corrected chi connectivity index (χ0v) is 7.81. The van der Waals surface area contributed by atoms with Gasteiger partial charge in [-0.25, -0.2) is 0 Å². The van der Waals surface area contributed by atoms with E-state index in [0.717, 1.165) is 26.1 Å². The van der Waals surface area contributed by atoms with Crippen molar-refractivity contribution in [2.24, 2.45) is 0 Å². The molecule has 0 aromatic heterocycles. The Balaban J connectivity index is 1.69. The molecule has 13 heavy (non-hydrogen) atoms. The molecule has 0 aliphatic carbocycles. The summed E-state index contributed by atoms with van der Waals surface area (Å²) in [6.07, 6.45) is 3.44. The van der Waals surface area contributed by atoms with Crippen LogP contribution < -0.4 is 16.0 Å². The van der Waals surface area contributed by atoms with Gasteiger partial charge in [-0.15, -0.1) is 0 Å². The van der Waals surface area contributed by atoms with E-state index in [-0.39, 0.29) is 11.9 Å². The van der Waals surface area contributed by atoms with Crippen LogP contribution >= 0.6 is 0 Å². The lowest BCUT2D eigenvalue weighted by Crippen LogP contribution is -2.42. The number of hydrogen-bond donors (Lipinski definition) is 3. The van der Waals surface area contributed by atoms with Gasteiger partial charge in [0.1, 0.15) is 0 Å². The highest BCUT2D eigenvalue weighted by Gasteiger charge is 2.24. The molecule has 2 heterocycles. The molecule has 0 bridgehead atoms. The highest BCUT2D eigenvalue weighted by Crippen LogP contribution is 2.05. The average Bonchev–Trinajstić information content (AvgIpc) is 2.72. The summed E-state index contributed by atoms with van der Waals surface area (Å²) < 4.78 is 0. The SMILES string of the molecule is O=C1NCCC1NCC1CCCN1. The van der Waals surface area contributed by atoms with Gasteiger partial charge >= 0.3 is 0 Å². The number of hydrogen-bond acceptors (Lipinski definition) is 3. The van der Waals surface area contributed by atoms with E-state index >= 15 is 0 Å². The molecule has 4 heteroatoms. The van der Waals surface area contributed by atoms with Crippen LogP contribution in [0, 0.1) is 0 Å². The van der Waals surface area contributed by atoms with Gasteiger partial charge in [-0.1, -0.05) is 0 Å². The van der Waals surface area contributed by atoms with Crippen molar-refractivity contribution in [3.63, 3.8) is 0 Å². The molecule has 0 saturated carbocycles. The van der Waals surface area contributed by atoms with Crippen molar-refractivity contribution < 1.29 is 4.79 Å². The molecule has 0 radical (unpaired) electrons. The standard InChI is InChI=1S/C9H17N3O/c13-9-8(3-5-11-9)12-6-7-2-1-4-10-7/h7-8,10,12H,1-6H2,(H,11,13). The van der Waals surface area contributed by atoms with Gasteiger partial charge in [0, 0.05) is 19.1 Å². The van der Waals surface area contributed by atoms with Crippen LogP contribution in [0.2, 0.25) is 0 Å². The van der Waals surface area contributed by atoms with Crippen LogP contribution in [0.5, 0.6) is 0 Å². The van der Waals surface area contributed by atoms with Crippen molar-refractivity contribution in [1.29, 1.82) is 0 Å². The molecule has 1 amide bonds. The van der Waals surface area contributed by atoms with E-state index in [0.29, 0.717) is 6.04 Å². The Morgan fingerprint density at radius 3 is 2.92 bits per heavy atom. The van der Waals surface area contributed by atoms with E-state index in [9.17, 15) is 4.79 Å². The maximum absolute atomic E-state index is 11.2. The van der Waals surface area contributed by atoms with Gasteiger partial charge in [0.25, 0.3) is 0 Å². The number of nitrogens with one attached hydrogen (secondary N) is 3. The smallest absolute Gasteiger partial charge is 0.237 e. The first kappa shape index (κ1) is 8.97. The van der Waals surface area contributed by atoms with Gasteiger partial charge < -0.3 is 16.0 Å². The monoisotopic (exact) mass is 183 g/mol. The summed E-state index contributed by atoms with van der Waals surface area (Å²) in [7, 11) is 0. The summed E-state index contributed by atoms with van der Waals surface area (Å²) >= 11 is 0. The molecule has 2 rings (SSSR count). The van der Waals surface area contributed by atoms with Gasteiger partial charge in [0.05, 0.1) is 6.04 Å². The van der Waals surface area contributed by atoms with Crippen LogP contribution in [0.1, 0.15) is 19.3 Å². The summed E-state index contributed by atoms with van der Waals surface area (Å²) in [5.74, 6) is 0.165. The normalized spacial score (nSPS) is 33.7. The second-order valence-electron chi connectivity index (χ2n) is 3.83. The lowest BCUT2D eigenvalue weighted by Gasteiger charge is -2.14. The van der Waals surface area contributed by atoms with Gasteiger partial charge in [-0.05, 0) is 25.8 Å². The maximum Gasteiger partial charge on any atom is 0.237 e. The molecule has 2 fully saturated rings. The third-order valence-corrected chi connectivity index (χ3v) is 2.82.